The van der Waals surface area contributed by atoms with E-state index in [0.29, 0.717) is 54.7 Å². The second-order valence-electron chi connectivity index (χ2n) is 7.36. The highest BCUT2D eigenvalue weighted by Gasteiger charge is 2.37. The van der Waals surface area contributed by atoms with Crippen LogP contribution in [0.3, 0.4) is 0 Å². The number of carboxylic acid groups (broad SMARTS) is 1. The van der Waals surface area contributed by atoms with Crippen molar-refractivity contribution in [1.29, 1.82) is 0 Å². The van der Waals surface area contributed by atoms with Crippen molar-refractivity contribution in [2.24, 2.45) is 5.73 Å². The fraction of sp³-hybridized carbons (Fsp3) is 0.450. The molecule has 2 amide bonds. The van der Waals surface area contributed by atoms with Crippen molar-refractivity contribution in [2.75, 3.05) is 26.2 Å². The van der Waals surface area contributed by atoms with Crippen LogP contribution in [0.5, 0.6) is 5.75 Å². The maximum atomic E-state index is 12.9. The Morgan fingerprint density at radius 3 is 2.94 bits per heavy atom. The molecule has 12 nitrogen and oxygen atoms in total. The van der Waals surface area contributed by atoms with Gasteiger partial charge in [0.15, 0.2) is 0 Å². The van der Waals surface area contributed by atoms with E-state index in [2.05, 4.69) is 15.6 Å². The molecule has 2 aromatic rings. The Morgan fingerprint density at radius 2 is 2.18 bits per heavy atom. The van der Waals surface area contributed by atoms with E-state index in [1.54, 1.807) is 27.8 Å². The molecule has 2 atom stereocenters. The van der Waals surface area contributed by atoms with Crippen LogP contribution in [-0.2, 0) is 27.5 Å². The molecule has 4 bridgehead atoms. The molecule has 1 aromatic carbocycles. The van der Waals surface area contributed by atoms with Crippen LogP contribution >= 0.6 is 11.6 Å². The molecule has 0 unspecified atom stereocenters. The zero-order valence-corrected chi connectivity index (χ0v) is 18.5. The number of carbonyl (C=O) groups excluding carboxylic acids is 2. The zero-order valence-electron chi connectivity index (χ0n) is 17.7. The number of aryl methyl sites for hydroxylation is 1. The zero-order chi connectivity index (χ0) is 23.8. The van der Waals surface area contributed by atoms with Crippen molar-refractivity contribution in [1.82, 2.24) is 25.2 Å². The number of hydrogen-bond donors (Lipinski definition) is 3. The number of ether oxygens (including phenoxy) is 2. The molecule has 33 heavy (non-hydrogen) atoms. The lowest BCUT2D eigenvalue weighted by molar-refractivity contribution is -0.129. The van der Waals surface area contributed by atoms with Gasteiger partial charge in [-0.05, 0) is 18.2 Å². The number of nitrogens with zero attached hydrogens (tertiary/aromatic N) is 4. The third-order valence-electron chi connectivity index (χ3n) is 5.12. The number of fused-ring (bicyclic) bond motifs is 5. The van der Waals surface area contributed by atoms with E-state index in [4.69, 9.17) is 36.7 Å². The summed E-state index contributed by atoms with van der Waals surface area (Å²) in [6.45, 7) is 1.57. The lowest BCUT2D eigenvalue weighted by Gasteiger charge is -2.20. The Kier molecular flexibility index (Phi) is 8.58. The summed E-state index contributed by atoms with van der Waals surface area (Å²) in [5.74, 6) is -0.0515. The molecule has 2 aliphatic rings. The van der Waals surface area contributed by atoms with Gasteiger partial charge in [-0.2, -0.15) is 0 Å². The Bertz CT molecular complexity index is 986. The van der Waals surface area contributed by atoms with Crippen LogP contribution in [0.2, 0.25) is 5.02 Å². The third-order valence-corrected chi connectivity index (χ3v) is 5.44. The average molecular weight is 481 g/mol. The predicted octanol–water partition coefficient (Wildman–Crippen LogP) is -0.100. The van der Waals surface area contributed by atoms with Gasteiger partial charge in [0.2, 0.25) is 5.91 Å². The van der Waals surface area contributed by atoms with E-state index >= 15 is 0 Å². The largest absolute Gasteiger partial charge is 0.492 e. The summed E-state index contributed by atoms with van der Waals surface area (Å²) in [6.07, 6.45) is 2.10. The number of carbonyl (C=O) groups is 3. The number of halogens is 1. The SMILES string of the molecule is NCC(=O)N1C[C@@H]2NC(=O)c3ccc(Cl)c(c3)OCCCn3cc(nn3)CO[C@H]2C1.O=CO. The molecular weight excluding hydrogens is 456 g/mol. The normalized spacial score (nSPS) is 20.5. The van der Waals surface area contributed by atoms with Gasteiger partial charge in [0.25, 0.3) is 12.4 Å². The van der Waals surface area contributed by atoms with Crippen molar-refractivity contribution < 1.29 is 29.0 Å². The van der Waals surface area contributed by atoms with E-state index in [9.17, 15) is 9.59 Å². The number of likely N-dealkylation sites (tertiary alicyclic amines) is 1. The number of rotatable bonds is 1. The fourth-order valence-corrected chi connectivity index (χ4v) is 3.71. The maximum Gasteiger partial charge on any atom is 0.290 e. The third kappa shape index (κ3) is 6.40. The highest BCUT2D eigenvalue weighted by Crippen LogP contribution is 2.26. The van der Waals surface area contributed by atoms with Gasteiger partial charge in [0.1, 0.15) is 11.4 Å². The first-order valence-electron chi connectivity index (χ1n) is 10.2. The smallest absolute Gasteiger partial charge is 0.290 e. The van der Waals surface area contributed by atoms with Crippen LogP contribution in [0.1, 0.15) is 22.5 Å². The second kappa shape index (κ2) is 11.6. The molecule has 0 aliphatic carbocycles. The summed E-state index contributed by atoms with van der Waals surface area (Å²) in [6, 6.07) is 4.49. The van der Waals surface area contributed by atoms with E-state index in [0.717, 1.165) is 0 Å². The first-order chi connectivity index (χ1) is 15.9. The van der Waals surface area contributed by atoms with Gasteiger partial charge in [-0.25, -0.2) is 0 Å². The average Bonchev–Trinajstić information content (AvgIpc) is 3.42. The monoisotopic (exact) mass is 480 g/mol. The number of benzene rings is 1. The standard InChI is InChI=1S/C19H23ClN6O4.CH2O2/c20-14-3-2-12-6-16(14)29-5-1-4-26-8-13(23-24-26)11-30-17-10-25(18(27)7-21)9-15(17)22-19(12)28;2-1-3/h2-3,6,8,15,17H,1,4-5,7,9-11,21H2,(H,22,28);1H,(H,2,3)/t15-,17-;/m0./s1. The Morgan fingerprint density at radius 1 is 1.39 bits per heavy atom. The number of nitrogens with two attached hydrogens (primary N) is 1. The lowest BCUT2D eigenvalue weighted by atomic mass is 10.1. The van der Waals surface area contributed by atoms with Gasteiger partial charge < -0.3 is 30.5 Å². The minimum absolute atomic E-state index is 0.0976. The molecule has 4 rings (SSSR count). The van der Waals surface area contributed by atoms with Gasteiger partial charge in [0, 0.05) is 31.6 Å². The molecule has 1 fully saturated rings. The van der Waals surface area contributed by atoms with Crippen LogP contribution in [0.4, 0.5) is 0 Å². The minimum Gasteiger partial charge on any atom is -0.492 e. The molecule has 1 saturated heterocycles. The van der Waals surface area contributed by atoms with Crippen molar-refractivity contribution in [2.45, 2.75) is 31.7 Å². The predicted molar refractivity (Wildman–Crippen MR) is 116 cm³/mol. The summed E-state index contributed by atoms with van der Waals surface area (Å²) in [5, 5.41) is 18.5. The molecule has 178 valence electrons. The van der Waals surface area contributed by atoms with Gasteiger partial charge >= 0.3 is 0 Å². The van der Waals surface area contributed by atoms with E-state index in [1.807, 2.05) is 6.20 Å². The molecular formula is C20H25ClN6O6. The first-order valence-corrected chi connectivity index (χ1v) is 10.6. The van der Waals surface area contributed by atoms with Crippen LogP contribution in [-0.4, -0.2) is 81.7 Å². The Balaban J connectivity index is 0.000000968. The van der Waals surface area contributed by atoms with Crippen LogP contribution in [0.15, 0.2) is 24.4 Å². The Labute approximate surface area is 194 Å². The first kappa shape index (κ1) is 24.4. The van der Waals surface area contributed by atoms with Crippen molar-refractivity contribution in [3.8, 4) is 5.75 Å². The van der Waals surface area contributed by atoms with Gasteiger partial charge in [-0.1, -0.05) is 16.8 Å². The number of nitrogens with one attached hydrogen (secondary N) is 1. The van der Waals surface area contributed by atoms with E-state index in [1.165, 1.54) is 0 Å². The highest BCUT2D eigenvalue weighted by molar-refractivity contribution is 6.32. The maximum absolute atomic E-state index is 12.9. The molecule has 0 spiro atoms. The second-order valence-corrected chi connectivity index (χ2v) is 7.77. The summed E-state index contributed by atoms with van der Waals surface area (Å²) >= 11 is 6.21. The summed E-state index contributed by atoms with van der Waals surface area (Å²) in [5.41, 5.74) is 6.59. The van der Waals surface area contributed by atoms with Crippen LogP contribution in [0.25, 0.3) is 0 Å². The fourth-order valence-electron chi connectivity index (χ4n) is 3.54. The number of aromatic nitrogens is 3. The molecule has 4 N–H and O–H groups in total. The highest BCUT2D eigenvalue weighted by atomic mass is 35.5. The van der Waals surface area contributed by atoms with Crippen LogP contribution in [0, 0.1) is 0 Å². The Hall–Kier alpha value is -3.22. The van der Waals surface area contributed by atoms with Gasteiger partial charge in [0.05, 0.1) is 43.1 Å². The topological polar surface area (TPSA) is 162 Å². The van der Waals surface area contributed by atoms with Crippen LogP contribution < -0.4 is 15.8 Å². The number of amides is 2. The van der Waals surface area contributed by atoms with Crippen molar-refractivity contribution in [3.63, 3.8) is 0 Å². The summed E-state index contributed by atoms with van der Waals surface area (Å²) < 4.78 is 13.5. The van der Waals surface area contributed by atoms with Gasteiger partial charge in [-0.15, -0.1) is 5.10 Å². The van der Waals surface area contributed by atoms with Crippen molar-refractivity contribution in [3.05, 3.63) is 40.7 Å². The minimum atomic E-state index is -0.398. The molecule has 2 aliphatic heterocycles. The van der Waals surface area contributed by atoms with E-state index < -0.39 is 12.1 Å². The lowest BCUT2D eigenvalue weighted by Crippen LogP contribution is -2.44. The van der Waals surface area contributed by atoms with E-state index in [-0.39, 0.29) is 31.4 Å². The van der Waals surface area contributed by atoms with Gasteiger partial charge in [-0.3, -0.25) is 19.1 Å². The van der Waals surface area contributed by atoms with Crippen molar-refractivity contribution >= 4 is 29.9 Å². The number of hydrogen-bond acceptors (Lipinski definition) is 8. The summed E-state index contributed by atoms with van der Waals surface area (Å²) in [7, 11) is 0. The molecule has 3 heterocycles. The summed E-state index contributed by atoms with van der Waals surface area (Å²) in [4.78, 5) is 34.9. The molecule has 1 aromatic heterocycles. The quantitative estimate of drug-likeness (QED) is 0.473. The molecule has 13 heteroatoms. The molecule has 0 saturated carbocycles. The molecule has 0 radical (unpaired) electrons.